The first kappa shape index (κ1) is 13.1. The Balaban J connectivity index is 1.80. The van der Waals surface area contributed by atoms with Crippen molar-refractivity contribution in [1.82, 2.24) is 15.0 Å². The highest BCUT2D eigenvalue weighted by molar-refractivity contribution is 5.45. The van der Waals surface area contributed by atoms with Crippen molar-refractivity contribution < 1.29 is 4.52 Å². The molecule has 0 saturated heterocycles. The molecule has 1 saturated carbocycles. The Kier molecular flexibility index (Phi) is 3.22. The molecule has 1 aromatic carbocycles. The van der Waals surface area contributed by atoms with Crippen LogP contribution in [-0.2, 0) is 11.8 Å². The number of rotatable bonds is 5. The summed E-state index contributed by atoms with van der Waals surface area (Å²) < 4.78 is 5.50. The monoisotopic (exact) mass is 272 g/mol. The molecule has 0 unspecified atom stereocenters. The van der Waals surface area contributed by atoms with E-state index in [1.807, 2.05) is 26.2 Å². The summed E-state index contributed by atoms with van der Waals surface area (Å²) in [4.78, 5) is 6.69. The van der Waals surface area contributed by atoms with E-state index in [1.54, 1.807) is 0 Å². The lowest BCUT2D eigenvalue weighted by Gasteiger charge is -2.10. The van der Waals surface area contributed by atoms with Gasteiger partial charge < -0.3 is 15.2 Å². The van der Waals surface area contributed by atoms with Crippen LogP contribution in [0.3, 0.4) is 0 Å². The smallest absolute Gasteiger partial charge is 0.237 e. The van der Waals surface area contributed by atoms with Gasteiger partial charge >= 0.3 is 0 Å². The van der Waals surface area contributed by atoms with Crippen molar-refractivity contribution in [3.05, 3.63) is 41.5 Å². The second kappa shape index (κ2) is 4.90. The number of aromatic nitrogens is 2. The van der Waals surface area contributed by atoms with Crippen molar-refractivity contribution in [3.8, 4) is 0 Å². The quantitative estimate of drug-likeness (QED) is 0.841. The molecule has 0 aliphatic heterocycles. The van der Waals surface area contributed by atoms with Gasteiger partial charge in [-0.2, -0.15) is 4.98 Å². The molecule has 0 atom stereocenters. The molecule has 0 spiro atoms. The van der Waals surface area contributed by atoms with E-state index in [-0.39, 0.29) is 5.41 Å². The second-order valence-electron chi connectivity index (χ2n) is 5.77. The van der Waals surface area contributed by atoms with Gasteiger partial charge in [0.1, 0.15) is 0 Å². The van der Waals surface area contributed by atoms with E-state index in [0.29, 0.717) is 0 Å². The van der Waals surface area contributed by atoms with Gasteiger partial charge in [0.2, 0.25) is 5.89 Å². The number of nitrogens with zero attached hydrogens (tertiary/aromatic N) is 3. The number of hydrogen-bond donors (Lipinski definition) is 1. The molecular formula is C15H20N4O. The number of likely N-dealkylation sites (N-methyl/N-ethyl adjacent to an activating group) is 1. The van der Waals surface area contributed by atoms with Crippen LogP contribution in [0.2, 0.25) is 0 Å². The first-order valence-corrected chi connectivity index (χ1v) is 6.94. The molecule has 2 N–H and O–H groups in total. The minimum atomic E-state index is -0.0724. The number of benzene rings is 1. The van der Waals surface area contributed by atoms with Crippen molar-refractivity contribution >= 4 is 5.69 Å². The predicted octanol–water partition coefficient (Wildman–Crippen LogP) is 1.84. The second-order valence-corrected chi connectivity index (χ2v) is 5.77. The van der Waals surface area contributed by atoms with Gasteiger partial charge in [-0.15, -0.1) is 0 Å². The fourth-order valence-corrected chi connectivity index (χ4v) is 2.43. The lowest BCUT2D eigenvalue weighted by atomic mass is 9.96. The molecule has 0 bridgehead atoms. The van der Waals surface area contributed by atoms with Gasteiger partial charge in [0.15, 0.2) is 5.82 Å². The zero-order valence-electron chi connectivity index (χ0n) is 12.0. The zero-order valence-corrected chi connectivity index (χ0v) is 12.0. The lowest BCUT2D eigenvalue weighted by Crippen LogP contribution is -2.16. The van der Waals surface area contributed by atoms with Gasteiger partial charge in [0, 0.05) is 18.7 Å². The molecule has 1 fully saturated rings. The summed E-state index contributed by atoms with van der Waals surface area (Å²) in [5.41, 5.74) is 7.67. The van der Waals surface area contributed by atoms with Crippen molar-refractivity contribution in [1.29, 1.82) is 0 Å². The average Bonchev–Trinajstić information content (AvgIpc) is 3.09. The van der Waals surface area contributed by atoms with Crippen LogP contribution in [-0.4, -0.2) is 35.7 Å². The Bertz CT molecular complexity index is 584. The van der Waals surface area contributed by atoms with Crippen LogP contribution in [0, 0.1) is 0 Å². The number of nitrogen functional groups attached to an aromatic ring is 1. The molecule has 5 heteroatoms. The lowest BCUT2D eigenvalue weighted by molar-refractivity contribution is 0.351. The topological polar surface area (TPSA) is 68.2 Å². The summed E-state index contributed by atoms with van der Waals surface area (Å²) in [6.45, 7) is 0.924. The maximum Gasteiger partial charge on any atom is 0.237 e. The summed E-state index contributed by atoms with van der Waals surface area (Å²) in [7, 11) is 4.08. The van der Waals surface area contributed by atoms with Crippen LogP contribution in [0.5, 0.6) is 0 Å². The van der Waals surface area contributed by atoms with Crippen molar-refractivity contribution in [2.24, 2.45) is 0 Å². The highest BCUT2D eigenvalue weighted by Crippen LogP contribution is 2.52. The van der Waals surface area contributed by atoms with E-state index in [1.165, 1.54) is 5.56 Å². The summed E-state index contributed by atoms with van der Waals surface area (Å²) in [6, 6.07) is 7.98. The maximum absolute atomic E-state index is 5.74. The summed E-state index contributed by atoms with van der Waals surface area (Å²) >= 11 is 0. The molecular weight excluding hydrogens is 252 g/mol. The first-order valence-electron chi connectivity index (χ1n) is 6.94. The normalized spacial score (nSPS) is 16.6. The molecule has 5 nitrogen and oxygen atoms in total. The average molecular weight is 272 g/mol. The van der Waals surface area contributed by atoms with Gasteiger partial charge in [-0.25, -0.2) is 0 Å². The van der Waals surface area contributed by atoms with Crippen LogP contribution < -0.4 is 5.73 Å². The summed E-state index contributed by atoms with van der Waals surface area (Å²) in [6.07, 6.45) is 2.94. The third kappa shape index (κ3) is 2.41. The Morgan fingerprint density at radius 2 is 1.95 bits per heavy atom. The Labute approximate surface area is 118 Å². The Morgan fingerprint density at radius 1 is 1.25 bits per heavy atom. The molecule has 2 aromatic rings. The third-order valence-corrected chi connectivity index (χ3v) is 3.87. The van der Waals surface area contributed by atoms with Crippen LogP contribution in [0.25, 0.3) is 0 Å². The molecule has 3 rings (SSSR count). The molecule has 1 heterocycles. The number of hydrogen-bond acceptors (Lipinski definition) is 5. The van der Waals surface area contributed by atoms with Gasteiger partial charge in [-0.05, 0) is 44.6 Å². The molecule has 0 amide bonds. The molecule has 1 aromatic heterocycles. The maximum atomic E-state index is 5.74. The van der Waals surface area contributed by atoms with Gasteiger partial charge in [0.25, 0.3) is 0 Å². The van der Waals surface area contributed by atoms with Crippen LogP contribution in [0.15, 0.2) is 28.8 Å². The van der Waals surface area contributed by atoms with Crippen LogP contribution in [0.4, 0.5) is 5.69 Å². The van der Waals surface area contributed by atoms with Crippen molar-refractivity contribution in [2.75, 3.05) is 26.4 Å². The zero-order chi connectivity index (χ0) is 14.2. The minimum absolute atomic E-state index is 0.0724. The molecule has 1 aliphatic rings. The Morgan fingerprint density at radius 3 is 2.55 bits per heavy atom. The molecule has 0 radical (unpaired) electrons. The van der Waals surface area contributed by atoms with Crippen LogP contribution in [0.1, 0.15) is 30.1 Å². The van der Waals surface area contributed by atoms with Crippen LogP contribution >= 0.6 is 0 Å². The standard InChI is InChI=1S/C15H20N4O/c1-19(2)10-7-13-17-14(20-18-13)15(8-9-15)11-3-5-12(16)6-4-11/h3-6H,7-10,16H2,1-2H3. The third-order valence-electron chi connectivity index (χ3n) is 3.87. The van der Waals surface area contributed by atoms with Gasteiger partial charge in [0.05, 0.1) is 5.41 Å². The van der Waals surface area contributed by atoms with Crippen molar-refractivity contribution in [3.63, 3.8) is 0 Å². The van der Waals surface area contributed by atoms with Gasteiger partial charge in [-0.1, -0.05) is 17.3 Å². The minimum Gasteiger partial charge on any atom is -0.399 e. The highest BCUT2D eigenvalue weighted by atomic mass is 16.5. The SMILES string of the molecule is CN(C)CCc1noc(C2(c3ccc(N)cc3)CC2)n1. The summed E-state index contributed by atoms with van der Waals surface area (Å²) in [5.74, 6) is 1.53. The summed E-state index contributed by atoms with van der Waals surface area (Å²) in [5, 5.41) is 4.10. The predicted molar refractivity (Wildman–Crippen MR) is 77.4 cm³/mol. The van der Waals surface area contributed by atoms with E-state index >= 15 is 0 Å². The molecule has 20 heavy (non-hydrogen) atoms. The van der Waals surface area contributed by atoms with E-state index in [9.17, 15) is 0 Å². The fourth-order valence-electron chi connectivity index (χ4n) is 2.43. The highest BCUT2D eigenvalue weighted by Gasteiger charge is 2.50. The largest absolute Gasteiger partial charge is 0.399 e. The van der Waals surface area contributed by atoms with E-state index in [4.69, 9.17) is 10.3 Å². The Hall–Kier alpha value is -1.88. The van der Waals surface area contributed by atoms with E-state index in [0.717, 1.165) is 43.2 Å². The molecule has 1 aliphatic carbocycles. The van der Waals surface area contributed by atoms with Crippen molar-refractivity contribution in [2.45, 2.75) is 24.7 Å². The molecule has 106 valence electrons. The first-order chi connectivity index (χ1) is 9.60. The number of nitrogens with two attached hydrogens (primary N) is 1. The van der Waals surface area contributed by atoms with E-state index in [2.05, 4.69) is 27.2 Å². The van der Waals surface area contributed by atoms with E-state index < -0.39 is 0 Å². The number of anilines is 1. The van der Waals surface area contributed by atoms with Gasteiger partial charge in [-0.3, -0.25) is 0 Å². The fraction of sp³-hybridized carbons (Fsp3) is 0.467.